The summed E-state index contributed by atoms with van der Waals surface area (Å²) in [7, 11) is 1.59. The van der Waals surface area contributed by atoms with Gasteiger partial charge in [0, 0.05) is 24.9 Å². The van der Waals surface area contributed by atoms with Crippen molar-refractivity contribution >= 4 is 22.5 Å². The Morgan fingerprint density at radius 1 is 1.35 bits per heavy atom. The molecule has 3 aromatic rings. The number of alkyl halides is 2. The van der Waals surface area contributed by atoms with Crippen LogP contribution < -0.4 is 10.3 Å². The monoisotopic (exact) mass is 339 g/mol. The van der Waals surface area contributed by atoms with E-state index < -0.39 is 6.61 Å². The summed E-state index contributed by atoms with van der Waals surface area (Å²) in [5.41, 5.74) is 0.856. The molecule has 0 aliphatic heterocycles. The number of fused-ring (bicyclic) bond motifs is 1. The molecule has 0 atom stereocenters. The Balaban J connectivity index is 2.11. The zero-order valence-electron chi connectivity index (χ0n) is 12.0. The average Bonchev–Trinajstić information content (AvgIpc) is 2.73. The summed E-state index contributed by atoms with van der Waals surface area (Å²) in [4.78, 5) is 16.1. The SMILES string of the molecule is Cn1c(=O)c2cnc(Cl)cc2n1Cc1ccccc1OC(F)F. The lowest BCUT2D eigenvalue weighted by Gasteiger charge is -2.13. The Bertz CT molecular complexity index is 921. The molecule has 0 fully saturated rings. The van der Waals surface area contributed by atoms with E-state index in [0.717, 1.165) is 0 Å². The molecule has 0 aliphatic carbocycles. The molecule has 0 N–H and O–H groups in total. The summed E-state index contributed by atoms with van der Waals surface area (Å²) in [5.74, 6) is 0.0666. The fourth-order valence-electron chi connectivity index (χ4n) is 2.44. The zero-order chi connectivity index (χ0) is 16.6. The fourth-order valence-corrected chi connectivity index (χ4v) is 2.59. The van der Waals surface area contributed by atoms with E-state index in [-0.39, 0.29) is 23.0 Å². The minimum Gasteiger partial charge on any atom is -0.434 e. The molecule has 8 heteroatoms. The number of aromatic nitrogens is 3. The second kappa shape index (κ2) is 6.00. The van der Waals surface area contributed by atoms with Crippen LogP contribution in [0.3, 0.4) is 0 Å². The molecule has 1 aromatic carbocycles. The number of rotatable bonds is 4. The molecule has 23 heavy (non-hydrogen) atoms. The van der Waals surface area contributed by atoms with Crippen molar-refractivity contribution in [2.24, 2.45) is 7.05 Å². The maximum absolute atomic E-state index is 12.5. The lowest BCUT2D eigenvalue weighted by Crippen LogP contribution is -2.20. The number of halogens is 3. The van der Waals surface area contributed by atoms with Crippen LogP contribution >= 0.6 is 11.6 Å². The summed E-state index contributed by atoms with van der Waals surface area (Å²) in [6.07, 6.45) is 1.40. The summed E-state index contributed by atoms with van der Waals surface area (Å²) >= 11 is 5.90. The number of benzene rings is 1. The summed E-state index contributed by atoms with van der Waals surface area (Å²) < 4.78 is 32.6. The molecule has 0 radical (unpaired) electrons. The van der Waals surface area contributed by atoms with E-state index in [1.54, 1.807) is 36.0 Å². The molecule has 2 aromatic heterocycles. The van der Waals surface area contributed by atoms with Crippen molar-refractivity contribution in [1.29, 1.82) is 0 Å². The highest BCUT2D eigenvalue weighted by molar-refractivity contribution is 6.29. The summed E-state index contributed by atoms with van der Waals surface area (Å²) in [6.45, 7) is -2.74. The van der Waals surface area contributed by atoms with Gasteiger partial charge in [-0.3, -0.25) is 14.2 Å². The van der Waals surface area contributed by atoms with Crippen molar-refractivity contribution in [1.82, 2.24) is 14.3 Å². The second-order valence-corrected chi connectivity index (χ2v) is 5.28. The Kier molecular flexibility index (Phi) is 4.04. The minimum absolute atomic E-state index is 0.0666. The Hall–Kier alpha value is -2.41. The zero-order valence-corrected chi connectivity index (χ0v) is 12.8. The lowest BCUT2D eigenvalue weighted by molar-refractivity contribution is -0.0505. The highest BCUT2D eigenvalue weighted by Crippen LogP contribution is 2.23. The molecule has 0 saturated carbocycles. The second-order valence-electron chi connectivity index (χ2n) is 4.90. The van der Waals surface area contributed by atoms with Crippen molar-refractivity contribution in [3.8, 4) is 5.75 Å². The van der Waals surface area contributed by atoms with Gasteiger partial charge in [-0.25, -0.2) is 4.98 Å². The molecule has 0 bridgehead atoms. The Labute approximate surface area is 134 Å². The van der Waals surface area contributed by atoms with Crippen LogP contribution in [0, 0.1) is 0 Å². The molecule has 3 rings (SSSR count). The lowest BCUT2D eigenvalue weighted by atomic mass is 10.2. The molecule has 2 heterocycles. The number of hydrogen-bond donors (Lipinski definition) is 0. The molecule has 0 amide bonds. The minimum atomic E-state index is -2.92. The average molecular weight is 340 g/mol. The highest BCUT2D eigenvalue weighted by Gasteiger charge is 2.15. The van der Waals surface area contributed by atoms with E-state index in [1.807, 2.05) is 0 Å². The Morgan fingerprint density at radius 3 is 2.83 bits per heavy atom. The molecule has 0 unspecified atom stereocenters. The van der Waals surface area contributed by atoms with Crippen LogP contribution in [0.4, 0.5) is 8.78 Å². The van der Waals surface area contributed by atoms with Gasteiger partial charge in [0.2, 0.25) is 0 Å². The number of para-hydroxylation sites is 1. The standard InChI is InChI=1S/C15H12ClF2N3O2/c1-20-14(22)10-7-19-13(16)6-11(10)21(20)8-9-4-2-3-5-12(9)23-15(17)18/h2-7,15H,8H2,1H3. The van der Waals surface area contributed by atoms with E-state index in [2.05, 4.69) is 9.72 Å². The van der Waals surface area contributed by atoms with Gasteiger partial charge in [-0.15, -0.1) is 0 Å². The van der Waals surface area contributed by atoms with Crippen molar-refractivity contribution in [2.75, 3.05) is 0 Å². The molecule has 120 valence electrons. The maximum atomic E-state index is 12.5. The topological polar surface area (TPSA) is 49.0 Å². The summed E-state index contributed by atoms with van der Waals surface area (Å²) in [5, 5.41) is 0.651. The van der Waals surface area contributed by atoms with Crippen LogP contribution in [0.25, 0.3) is 10.9 Å². The number of hydrogen-bond acceptors (Lipinski definition) is 3. The first-order valence-electron chi connectivity index (χ1n) is 6.71. The third-order valence-electron chi connectivity index (χ3n) is 3.52. The van der Waals surface area contributed by atoms with Crippen LogP contribution in [0.2, 0.25) is 5.15 Å². The van der Waals surface area contributed by atoms with Gasteiger partial charge in [-0.05, 0) is 6.07 Å². The molecular weight excluding hydrogens is 328 g/mol. The largest absolute Gasteiger partial charge is 0.434 e. The Morgan fingerprint density at radius 2 is 2.09 bits per heavy atom. The molecule has 0 saturated heterocycles. The van der Waals surface area contributed by atoms with Crippen LogP contribution in [0.15, 0.2) is 41.3 Å². The van der Waals surface area contributed by atoms with Gasteiger partial charge in [-0.1, -0.05) is 29.8 Å². The highest BCUT2D eigenvalue weighted by atomic mass is 35.5. The van der Waals surface area contributed by atoms with Gasteiger partial charge in [0.05, 0.1) is 17.4 Å². The van der Waals surface area contributed by atoms with Gasteiger partial charge in [0.15, 0.2) is 0 Å². The first-order chi connectivity index (χ1) is 11.0. The quantitative estimate of drug-likeness (QED) is 0.686. The van der Waals surface area contributed by atoms with Crippen LogP contribution in [-0.2, 0) is 13.6 Å². The molecule has 5 nitrogen and oxygen atoms in total. The molecule has 0 spiro atoms. The van der Waals surface area contributed by atoms with Crippen LogP contribution in [0.5, 0.6) is 5.75 Å². The maximum Gasteiger partial charge on any atom is 0.387 e. The van der Waals surface area contributed by atoms with E-state index in [9.17, 15) is 13.6 Å². The van der Waals surface area contributed by atoms with E-state index in [1.165, 1.54) is 16.9 Å². The molecular formula is C15H12ClF2N3O2. The number of pyridine rings is 1. The summed E-state index contributed by atoms with van der Waals surface area (Å²) in [6, 6.07) is 8.01. The first-order valence-corrected chi connectivity index (χ1v) is 7.09. The van der Waals surface area contributed by atoms with Crippen molar-refractivity contribution in [3.05, 3.63) is 57.6 Å². The van der Waals surface area contributed by atoms with E-state index >= 15 is 0 Å². The van der Waals surface area contributed by atoms with E-state index in [0.29, 0.717) is 16.5 Å². The van der Waals surface area contributed by atoms with Gasteiger partial charge < -0.3 is 4.74 Å². The van der Waals surface area contributed by atoms with Crippen molar-refractivity contribution in [3.63, 3.8) is 0 Å². The third kappa shape index (κ3) is 2.92. The first kappa shape index (κ1) is 15.5. The third-order valence-corrected chi connectivity index (χ3v) is 3.73. The fraction of sp³-hybridized carbons (Fsp3) is 0.200. The normalized spacial score (nSPS) is 11.3. The molecule has 0 aliphatic rings. The van der Waals surface area contributed by atoms with Gasteiger partial charge >= 0.3 is 6.61 Å². The van der Waals surface area contributed by atoms with Gasteiger partial charge in [-0.2, -0.15) is 8.78 Å². The van der Waals surface area contributed by atoms with Crippen LogP contribution in [-0.4, -0.2) is 21.0 Å². The van der Waals surface area contributed by atoms with E-state index in [4.69, 9.17) is 11.6 Å². The van der Waals surface area contributed by atoms with Gasteiger partial charge in [0.1, 0.15) is 10.9 Å². The number of ether oxygens (including phenoxy) is 1. The number of nitrogens with zero attached hydrogens (tertiary/aromatic N) is 3. The van der Waals surface area contributed by atoms with Crippen LogP contribution in [0.1, 0.15) is 5.56 Å². The predicted octanol–water partition coefficient (Wildman–Crippen LogP) is 3.04. The smallest absolute Gasteiger partial charge is 0.387 e. The predicted molar refractivity (Wildman–Crippen MR) is 82.2 cm³/mol. The van der Waals surface area contributed by atoms with Gasteiger partial charge in [0.25, 0.3) is 5.56 Å². The van der Waals surface area contributed by atoms with Crippen molar-refractivity contribution < 1.29 is 13.5 Å². The van der Waals surface area contributed by atoms with Crippen molar-refractivity contribution in [2.45, 2.75) is 13.2 Å².